The van der Waals surface area contributed by atoms with E-state index in [0.717, 1.165) is 44.0 Å². The monoisotopic (exact) mass is 328 g/mol. The smallest absolute Gasteiger partial charge is 0.227 e. The first-order chi connectivity index (χ1) is 10.1. The van der Waals surface area contributed by atoms with E-state index in [0.29, 0.717) is 16.5 Å². The second-order valence-corrected chi connectivity index (χ2v) is 6.41. The van der Waals surface area contributed by atoms with E-state index >= 15 is 0 Å². The lowest BCUT2D eigenvalue weighted by Crippen LogP contribution is -2.39. The number of piperidine rings is 1. The van der Waals surface area contributed by atoms with Crippen LogP contribution in [0.1, 0.15) is 24.8 Å². The van der Waals surface area contributed by atoms with Crippen LogP contribution in [0, 0.1) is 5.92 Å². The molecular weight excluding hydrogens is 307 g/mol. The second-order valence-electron chi connectivity index (χ2n) is 5.59. The fraction of sp³-hybridized carbons (Fsp3) is 0.562. The molecule has 0 atom stereocenters. The van der Waals surface area contributed by atoms with Crippen molar-refractivity contribution < 1.29 is 4.79 Å². The van der Waals surface area contributed by atoms with Gasteiger partial charge in [0.25, 0.3) is 0 Å². The van der Waals surface area contributed by atoms with Crippen LogP contribution in [0.3, 0.4) is 0 Å². The van der Waals surface area contributed by atoms with Gasteiger partial charge >= 0.3 is 0 Å². The molecule has 1 N–H and O–H groups in total. The highest BCUT2D eigenvalue weighted by Crippen LogP contribution is 2.26. The lowest BCUT2D eigenvalue weighted by molar-refractivity contribution is -0.131. The highest BCUT2D eigenvalue weighted by Gasteiger charge is 2.23. The lowest BCUT2D eigenvalue weighted by Gasteiger charge is -2.32. The third-order valence-electron chi connectivity index (χ3n) is 4.16. The molecule has 1 saturated heterocycles. The number of hydrogen-bond donors (Lipinski definition) is 1. The molecule has 1 aromatic rings. The zero-order valence-corrected chi connectivity index (χ0v) is 13.9. The van der Waals surface area contributed by atoms with Gasteiger partial charge in [-0.05, 0) is 56.5 Å². The Kier molecular flexibility index (Phi) is 6.34. The van der Waals surface area contributed by atoms with Crippen LogP contribution in [0.5, 0.6) is 0 Å². The van der Waals surface area contributed by atoms with Crippen LogP contribution in [-0.4, -0.2) is 37.5 Å². The molecular formula is C16H22Cl2N2O. The Hall–Kier alpha value is -0.770. The first-order valence-electron chi connectivity index (χ1n) is 7.47. The Morgan fingerprint density at radius 2 is 1.90 bits per heavy atom. The molecule has 5 heteroatoms. The number of carbonyl (C=O) groups is 1. The molecule has 0 aliphatic carbocycles. The summed E-state index contributed by atoms with van der Waals surface area (Å²) in [6.45, 7) is 2.73. The van der Waals surface area contributed by atoms with Crippen molar-refractivity contribution in [3.8, 4) is 0 Å². The average molecular weight is 329 g/mol. The molecule has 0 spiro atoms. The van der Waals surface area contributed by atoms with Crippen molar-refractivity contribution in [2.45, 2.75) is 25.7 Å². The van der Waals surface area contributed by atoms with Gasteiger partial charge in [-0.3, -0.25) is 4.79 Å². The number of likely N-dealkylation sites (tertiary alicyclic amines) is 1. The standard InChI is InChI=1S/C16H22Cl2N2O/c1-19-8-5-12-6-9-20(10-7-12)16(21)11-13-14(17)3-2-4-15(13)18/h2-4,12,19H,5-11H2,1H3. The van der Waals surface area contributed by atoms with Gasteiger partial charge in [0.15, 0.2) is 0 Å². The van der Waals surface area contributed by atoms with E-state index in [2.05, 4.69) is 5.32 Å². The Labute approximate surface area is 136 Å². The molecule has 21 heavy (non-hydrogen) atoms. The van der Waals surface area contributed by atoms with Gasteiger partial charge in [-0.1, -0.05) is 29.3 Å². The number of hydrogen-bond acceptors (Lipinski definition) is 2. The number of halogens is 2. The quantitative estimate of drug-likeness (QED) is 0.898. The number of amides is 1. The Morgan fingerprint density at radius 3 is 2.48 bits per heavy atom. The normalized spacial score (nSPS) is 16.2. The first kappa shape index (κ1) is 16.6. The summed E-state index contributed by atoms with van der Waals surface area (Å²) >= 11 is 12.3. The number of rotatable bonds is 5. The molecule has 0 radical (unpaired) electrons. The Balaban J connectivity index is 1.88. The predicted octanol–water partition coefficient (Wildman–Crippen LogP) is 3.38. The van der Waals surface area contributed by atoms with Gasteiger partial charge in [-0.25, -0.2) is 0 Å². The number of benzene rings is 1. The minimum Gasteiger partial charge on any atom is -0.342 e. The zero-order chi connectivity index (χ0) is 15.2. The largest absolute Gasteiger partial charge is 0.342 e. The molecule has 2 rings (SSSR count). The van der Waals surface area contributed by atoms with Crippen molar-refractivity contribution in [1.82, 2.24) is 10.2 Å². The van der Waals surface area contributed by atoms with Gasteiger partial charge in [0, 0.05) is 23.1 Å². The van der Waals surface area contributed by atoms with E-state index in [1.807, 2.05) is 11.9 Å². The number of nitrogens with zero attached hydrogens (tertiary/aromatic N) is 1. The minimum atomic E-state index is 0.122. The van der Waals surface area contributed by atoms with Crippen molar-refractivity contribution in [1.29, 1.82) is 0 Å². The summed E-state index contributed by atoms with van der Waals surface area (Å²) in [6.07, 6.45) is 3.65. The summed E-state index contributed by atoms with van der Waals surface area (Å²) in [4.78, 5) is 14.3. The summed E-state index contributed by atoms with van der Waals surface area (Å²) < 4.78 is 0. The van der Waals surface area contributed by atoms with Crippen LogP contribution in [0.4, 0.5) is 0 Å². The average Bonchev–Trinajstić information content (AvgIpc) is 2.49. The third kappa shape index (κ3) is 4.60. The van der Waals surface area contributed by atoms with Crippen molar-refractivity contribution >= 4 is 29.1 Å². The summed E-state index contributed by atoms with van der Waals surface area (Å²) in [5.74, 6) is 0.850. The number of nitrogens with one attached hydrogen (secondary N) is 1. The molecule has 1 aromatic carbocycles. The maximum Gasteiger partial charge on any atom is 0.227 e. The molecule has 1 heterocycles. The molecule has 0 bridgehead atoms. The maximum absolute atomic E-state index is 12.4. The van der Waals surface area contributed by atoms with E-state index in [4.69, 9.17) is 23.2 Å². The molecule has 0 saturated carbocycles. The maximum atomic E-state index is 12.4. The van der Waals surface area contributed by atoms with Crippen LogP contribution in [0.25, 0.3) is 0 Å². The highest BCUT2D eigenvalue weighted by molar-refractivity contribution is 6.36. The fourth-order valence-corrected chi connectivity index (χ4v) is 3.31. The van der Waals surface area contributed by atoms with Crippen LogP contribution in [0.15, 0.2) is 18.2 Å². The third-order valence-corrected chi connectivity index (χ3v) is 4.87. The Bertz CT molecular complexity index is 465. The molecule has 1 amide bonds. The van der Waals surface area contributed by atoms with Gasteiger partial charge in [0.1, 0.15) is 0 Å². The second kappa shape index (κ2) is 8.02. The van der Waals surface area contributed by atoms with Gasteiger partial charge in [0.2, 0.25) is 5.91 Å². The van der Waals surface area contributed by atoms with Crippen molar-refractivity contribution in [2.75, 3.05) is 26.7 Å². The molecule has 116 valence electrons. The van der Waals surface area contributed by atoms with E-state index < -0.39 is 0 Å². The number of carbonyl (C=O) groups excluding carboxylic acids is 1. The minimum absolute atomic E-state index is 0.122. The van der Waals surface area contributed by atoms with Gasteiger partial charge in [-0.2, -0.15) is 0 Å². The van der Waals surface area contributed by atoms with Crippen LogP contribution >= 0.6 is 23.2 Å². The molecule has 1 fully saturated rings. The predicted molar refractivity (Wildman–Crippen MR) is 88.0 cm³/mol. The summed E-state index contributed by atoms with van der Waals surface area (Å²) in [5, 5.41) is 4.32. The molecule has 0 aromatic heterocycles. The first-order valence-corrected chi connectivity index (χ1v) is 8.22. The lowest BCUT2D eigenvalue weighted by atomic mass is 9.93. The fourth-order valence-electron chi connectivity index (χ4n) is 2.78. The SMILES string of the molecule is CNCCC1CCN(C(=O)Cc2c(Cl)cccc2Cl)CC1. The topological polar surface area (TPSA) is 32.3 Å². The molecule has 0 unspecified atom stereocenters. The van der Waals surface area contributed by atoms with Gasteiger partial charge in [0.05, 0.1) is 6.42 Å². The van der Waals surface area contributed by atoms with E-state index in [1.54, 1.807) is 18.2 Å². The zero-order valence-electron chi connectivity index (χ0n) is 12.4. The van der Waals surface area contributed by atoms with Crippen LogP contribution < -0.4 is 5.32 Å². The van der Waals surface area contributed by atoms with Crippen molar-refractivity contribution in [2.24, 2.45) is 5.92 Å². The summed E-state index contributed by atoms with van der Waals surface area (Å²) in [6, 6.07) is 5.35. The van der Waals surface area contributed by atoms with Gasteiger partial charge < -0.3 is 10.2 Å². The van der Waals surface area contributed by atoms with Crippen molar-refractivity contribution in [3.05, 3.63) is 33.8 Å². The molecule has 1 aliphatic rings. The van der Waals surface area contributed by atoms with E-state index in [-0.39, 0.29) is 5.91 Å². The van der Waals surface area contributed by atoms with Crippen LogP contribution in [-0.2, 0) is 11.2 Å². The van der Waals surface area contributed by atoms with E-state index in [9.17, 15) is 4.79 Å². The van der Waals surface area contributed by atoms with E-state index in [1.165, 1.54) is 6.42 Å². The van der Waals surface area contributed by atoms with Gasteiger partial charge in [-0.15, -0.1) is 0 Å². The Morgan fingerprint density at radius 1 is 1.29 bits per heavy atom. The molecule has 3 nitrogen and oxygen atoms in total. The van der Waals surface area contributed by atoms with Crippen LogP contribution in [0.2, 0.25) is 10.0 Å². The highest BCUT2D eigenvalue weighted by atomic mass is 35.5. The summed E-state index contributed by atoms with van der Waals surface area (Å²) in [5.41, 5.74) is 0.739. The molecule has 1 aliphatic heterocycles. The van der Waals surface area contributed by atoms with Crippen molar-refractivity contribution in [3.63, 3.8) is 0 Å². The summed E-state index contributed by atoms with van der Waals surface area (Å²) in [7, 11) is 1.98.